The average Bonchev–Trinajstić information content (AvgIpc) is 2.34. The van der Waals surface area contributed by atoms with Crippen LogP contribution in [0.2, 0.25) is 0 Å². The minimum Gasteiger partial charge on any atom is -0.339 e. The predicted octanol–water partition coefficient (Wildman–Crippen LogP) is 1.60. The SMILES string of the molecule is CS(=O)(=O)CCC(=O)N1CCCC2CCCCC21. The Kier molecular flexibility index (Phi) is 4.30. The van der Waals surface area contributed by atoms with E-state index >= 15 is 0 Å². The van der Waals surface area contributed by atoms with Crippen LogP contribution in [0.1, 0.15) is 44.9 Å². The molecule has 0 radical (unpaired) electrons. The Morgan fingerprint density at radius 1 is 1.17 bits per heavy atom. The van der Waals surface area contributed by atoms with Crippen molar-refractivity contribution in [3.8, 4) is 0 Å². The average molecular weight is 273 g/mol. The standard InChI is InChI=1S/C13H23NO3S/c1-18(16,17)10-8-13(15)14-9-4-6-11-5-2-3-7-12(11)14/h11-12H,2-10H2,1H3. The highest BCUT2D eigenvalue weighted by atomic mass is 32.2. The van der Waals surface area contributed by atoms with Gasteiger partial charge in [-0.05, 0) is 31.6 Å². The van der Waals surface area contributed by atoms with Crippen LogP contribution in [-0.4, -0.2) is 43.8 Å². The quantitative estimate of drug-likeness (QED) is 0.785. The van der Waals surface area contributed by atoms with Crippen LogP contribution in [-0.2, 0) is 14.6 Å². The fourth-order valence-corrected chi connectivity index (χ4v) is 3.90. The lowest BCUT2D eigenvalue weighted by Gasteiger charge is -2.44. The lowest BCUT2D eigenvalue weighted by Crippen LogP contribution is -2.49. The van der Waals surface area contributed by atoms with E-state index in [2.05, 4.69) is 0 Å². The smallest absolute Gasteiger partial charge is 0.223 e. The number of likely N-dealkylation sites (tertiary alicyclic amines) is 1. The van der Waals surface area contributed by atoms with Crippen molar-refractivity contribution in [2.75, 3.05) is 18.6 Å². The molecular weight excluding hydrogens is 250 g/mol. The van der Waals surface area contributed by atoms with Crippen LogP contribution in [0.4, 0.5) is 0 Å². The molecule has 5 heteroatoms. The molecule has 18 heavy (non-hydrogen) atoms. The van der Waals surface area contributed by atoms with Gasteiger partial charge in [-0.1, -0.05) is 12.8 Å². The molecule has 0 aromatic carbocycles. The maximum atomic E-state index is 12.2. The van der Waals surface area contributed by atoms with Crippen molar-refractivity contribution in [2.45, 2.75) is 51.0 Å². The second-order valence-corrected chi connectivity index (χ2v) is 7.98. The minimum absolute atomic E-state index is 0.0142. The van der Waals surface area contributed by atoms with E-state index in [-0.39, 0.29) is 18.1 Å². The van der Waals surface area contributed by atoms with Gasteiger partial charge in [0.2, 0.25) is 5.91 Å². The maximum absolute atomic E-state index is 12.2. The van der Waals surface area contributed by atoms with E-state index in [1.807, 2.05) is 4.90 Å². The van der Waals surface area contributed by atoms with Crippen molar-refractivity contribution in [2.24, 2.45) is 5.92 Å². The summed E-state index contributed by atoms with van der Waals surface area (Å²) in [6.07, 6.45) is 8.49. The molecule has 2 unspecified atom stereocenters. The van der Waals surface area contributed by atoms with E-state index in [4.69, 9.17) is 0 Å². The Morgan fingerprint density at radius 2 is 1.83 bits per heavy atom. The van der Waals surface area contributed by atoms with Gasteiger partial charge in [-0.2, -0.15) is 0 Å². The van der Waals surface area contributed by atoms with Gasteiger partial charge in [0.05, 0.1) is 5.75 Å². The molecule has 1 aliphatic carbocycles. The first-order valence-electron chi connectivity index (χ1n) is 6.94. The molecule has 0 aromatic heterocycles. The number of sulfone groups is 1. The first kappa shape index (κ1) is 13.8. The van der Waals surface area contributed by atoms with E-state index in [0.717, 1.165) is 19.4 Å². The van der Waals surface area contributed by atoms with Gasteiger partial charge in [0.1, 0.15) is 9.84 Å². The molecule has 2 atom stereocenters. The molecule has 1 aliphatic heterocycles. The van der Waals surface area contributed by atoms with Gasteiger partial charge in [0.15, 0.2) is 0 Å². The molecule has 0 N–H and O–H groups in total. The molecule has 1 saturated heterocycles. The molecule has 1 amide bonds. The highest BCUT2D eigenvalue weighted by Gasteiger charge is 2.35. The second-order valence-electron chi connectivity index (χ2n) is 5.72. The molecule has 0 aromatic rings. The lowest BCUT2D eigenvalue weighted by atomic mass is 9.78. The van der Waals surface area contributed by atoms with Crippen LogP contribution in [0.3, 0.4) is 0 Å². The van der Waals surface area contributed by atoms with Crippen molar-refractivity contribution < 1.29 is 13.2 Å². The van der Waals surface area contributed by atoms with Crippen LogP contribution < -0.4 is 0 Å². The summed E-state index contributed by atoms with van der Waals surface area (Å²) in [6.45, 7) is 0.823. The van der Waals surface area contributed by atoms with Gasteiger partial charge in [0, 0.05) is 25.3 Å². The summed E-state index contributed by atoms with van der Waals surface area (Å²) in [5.74, 6) is 0.686. The van der Waals surface area contributed by atoms with Crippen molar-refractivity contribution in [1.29, 1.82) is 0 Å². The van der Waals surface area contributed by atoms with Crippen molar-refractivity contribution >= 4 is 15.7 Å². The largest absolute Gasteiger partial charge is 0.339 e. The zero-order valence-electron chi connectivity index (χ0n) is 11.1. The summed E-state index contributed by atoms with van der Waals surface area (Å²) in [6, 6.07) is 0.388. The maximum Gasteiger partial charge on any atom is 0.223 e. The third-order valence-electron chi connectivity index (χ3n) is 4.25. The number of amides is 1. The predicted molar refractivity (Wildman–Crippen MR) is 71.0 cm³/mol. The number of hydrogen-bond donors (Lipinski definition) is 0. The van der Waals surface area contributed by atoms with Crippen LogP contribution >= 0.6 is 0 Å². The number of hydrogen-bond acceptors (Lipinski definition) is 3. The van der Waals surface area contributed by atoms with E-state index in [1.54, 1.807) is 0 Å². The number of carbonyl (C=O) groups is 1. The number of piperidine rings is 1. The van der Waals surface area contributed by atoms with Crippen molar-refractivity contribution in [3.63, 3.8) is 0 Å². The summed E-state index contributed by atoms with van der Waals surface area (Å²) in [4.78, 5) is 14.1. The number of nitrogens with zero attached hydrogens (tertiary/aromatic N) is 1. The molecule has 0 spiro atoms. The molecule has 0 bridgehead atoms. The Morgan fingerprint density at radius 3 is 2.56 bits per heavy atom. The minimum atomic E-state index is -3.03. The zero-order chi connectivity index (χ0) is 13.2. The normalized spacial score (nSPS) is 28.8. The Labute approximate surface area is 110 Å². The van der Waals surface area contributed by atoms with Crippen LogP contribution in [0.25, 0.3) is 0 Å². The summed E-state index contributed by atoms with van der Waals surface area (Å²) >= 11 is 0. The van der Waals surface area contributed by atoms with E-state index in [1.165, 1.54) is 31.9 Å². The van der Waals surface area contributed by atoms with Gasteiger partial charge >= 0.3 is 0 Å². The topological polar surface area (TPSA) is 54.5 Å². The van der Waals surface area contributed by atoms with Crippen molar-refractivity contribution in [3.05, 3.63) is 0 Å². The third kappa shape index (κ3) is 3.46. The highest BCUT2D eigenvalue weighted by Crippen LogP contribution is 2.35. The van der Waals surface area contributed by atoms with Crippen LogP contribution in [0, 0.1) is 5.92 Å². The third-order valence-corrected chi connectivity index (χ3v) is 5.20. The highest BCUT2D eigenvalue weighted by molar-refractivity contribution is 7.90. The second kappa shape index (κ2) is 5.59. The van der Waals surface area contributed by atoms with E-state index < -0.39 is 9.84 Å². The van der Waals surface area contributed by atoms with Crippen molar-refractivity contribution in [1.82, 2.24) is 4.90 Å². The molecule has 4 nitrogen and oxygen atoms in total. The summed E-state index contributed by atoms with van der Waals surface area (Å²) in [7, 11) is -3.03. The molecule has 1 heterocycles. The fourth-order valence-electron chi connectivity index (χ4n) is 3.35. The Hall–Kier alpha value is -0.580. The molecular formula is C13H23NO3S. The number of carbonyl (C=O) groups excluding carboxylic acids is 1. The van der Waals surface area contributed by atoms with E-state index in [9.17, 15) is 13.2 Å². The number of rotatable bonds is 3. The van der Waals surface area contributed by atoms with Gasteiger partial charge in [-0.15, -0.1) is 0 Å². The first-order valence-corrected chi connectivity index (χ1v) is 9.00. The lowest BCUT2D eigenvalue weighted by molar-refractivity contribution is -0.137. The Bertz CT molecular complexity index is 402. The van der Waals surface area contributed by atoms with E-state index in [0.29, 0.717) is 12.0 Å². The van der Waals surface area contributed by atoms with Crippen LogP contribution in [0.15, 0.2) is 0 Å². The van der Waals surface area contributed by atoms with Gasteiger partial charge in [0.25, 0.3) is 0 Å². The first-order chi connectivity index (χ1) is 8.47. The zero-order valence-corrected chi connectivity index (χ0v) is 11.9. The molecule has 2 rings (SSSR count). The summed E-state index contributed by atoms with van der Waals surface area (Å²) in [5.41, 5.74) is 0. The summed E-state index contributed by atoms with van der Waals surface area (Å²) < 4.78 is 22.3. The molecule has 2 fully saturated rings. The van der Waals surface area contributed by atoms with Gasteiger partial charge in [-0.25, -0.2) is 8.42 Å². The van der Waals surface area contributed by atoms with Gasteiger partial charge < -0.3 is 4.90 Å². The molecule has 1 saturated carbocycles. The summed E-state index contributed by atoms with van der Waals surface area (Å²) in [5, 5.41) is 0. The number of fused-ring (bicyclic) bond motifs is 1. The van der Waals surface area contributed by atoms with Crippen LogP contribution in [0.5, 0.6) is 0 Å². The molecule has 2 aliphatic rings. The monoisotopic (exact) mass is 273 g/mol. The Balaban J connectivity index is 1.95. The van der Waals surface area contributed by atoms with Gasteiger partial charge in [-0.3, -0.25) is 4.79 Å². The molecule has 104 valence electrons. The fraction of sp³-hybridized carbons (Fsp3) is 0.923.